The largest absolute Gasteiger partial charge is 0.418 e. The molecule has 2 aromatic carbocycles. The minimum absolute atomic E-state index is 0.105. The third-order valence-electron chi connectivity index (χ3n) is 6.21. The van der Waals surface area contributed by atoms with Crippen molar-refractivity contribution in [1.29, 1.82) is 0 Å². The van der Waals surface area contributed by atoms with Gasteiger partial charge >= 0.3 is 0 Å². The van der Waals surface area contributed by atoms with Crippen molar-refractivity contribution in [2.24, 2.45) is 0 Å². The monoisotopic (exact) mass is 462 g/mol. The number of rotatable bonds is 4. The van der Waals surface area contributed by atoms with Crippen LogP contribution in [0.5, 0.6) is 0 Å². The van der Waals surface area contributed by atoms with Crippen LogP contribution in [0.25, 0.3) is 17.1 Å². The summed E-state index contributed by atoms with van der Waals surface area (Å²) in [5.41, 5.74) is 4.96. The number of halogens is 1. The Balaban J connectivity index is 1.49. The average Bonchev–Trinajstić information content (AvgIpc) is 3.58. The highest BCUT2D eigenvalue weighted by Crippen LogP contribution is 2.36. The quantitative estimate of drug-likeness (QED) is 0.429. The van der Waals surface area contributed by atoms with Crippen LogP contribution in [0.15, 0.2) is 47.1 Å². The number of carbonyl (C=O) groups excluding carboxylic acids is 1. The Labute approximate surface area is 196 Å². The highest BCUT2D eigenvalue weighted by atomic mass is 35.5. The van der Waals surface area contributed by atoms with E-state index in [1.54, 1.807) is 17.3 Å². The van der Waals surface area contributed by atoms with E-state index in [0.29, 0.717) is 34.6 Å². The first-order valence-electron chi connectivity index (χ1n) is 10.8. The molecule has 9 heteroatoms. The van der Waals surface area contributed by atoms with Gasteiger partial charge in [0, 0.05) is 17.1 Å². The van der Waals surface area contributed by atoms with Gasteiger partial charge in [-0.3, -0.25) is 4.79 Å². The molecule has 0 bridgehead atoms. The number of aryl methyl sites for hydroxylation is 2. The minimum Gasteiger partial charge on any atom is -0.418 e. The molecular formula is C24H23ClN6O2. The second-order valence-electron chi connectivity index (χ2n) is 8.29. The number of benzene rings is 2. The van der Waals surface area contributed by atoms with Gasteiger partial charge in [-0.05, 0) is 74.6 Å². The summed E-state index contributed by atoms with van der Waals surface area (Å²) in [6, 6.07) is 9.13. The summed E-state index contributed by atoms with van der Waals surface area (Å²) >= 11 is 6.26. The lowest BCUT2D eigenvalue weighted by molar-refractivity contribution is 0.0715. The standard InChI is InChI=1S/C24H23ClN6O2/c1-14-12-18(21(13-15(14)2)31-26-9-10-27-31)24(32)30-11-5-8-20(30)23-29-28-22(33-23)17-6-4-7-19(25)16(17)3/h4,6-7,9-10,12-13,20H,5,8,11H2,1-3H3. The molecule has 0 N–H and O–H groups in total. The Bertz CT molecular complexity index is 1330. The van der Waals surface area contributed by atoms with Crippen molar-refractivity contribution in [2.45, 2.75) is 39.7 Å². The molecule has 0 aliphatic carbocycles. The van der Waals surface area contributed by atoms with E-state index in [0.717, 1.165) is 35.1 Å². The van der Waals surface area contributed by atoms with Gasteiger partial charge in [-0.15, -0.1) is 10.2 Å². The number of nitrogens with zero attached hydrogens (tertiary/aromatic N) is 6. The molecule has 1 aliphatic rings. The second kappa shape index (κ2) is 8.44. The molecule has 168 valence electrons. The molecule has 1 atom stereocenters. The molecule has 4 aromatic rings. The Morgan fingerprint density at radius 1 is 1.09 bits per heavy atom. The zero-order valence-electron chi connectivity index (χ0n) is 18.6. The first-order chi connectivity index (χ1) is 15.9. The first-order valence-corrected chi connectivity index (χ1v) is 11.2. The molecule has 33 heavy (non-hydrogen) atoms. The average molecular weight is 463 g/mol. The molecule has 0 saturated carbocycles. The third kappa shape index (κ3) is 3.80. The molecule has 1 fully saturated rings. The molecule has 8 nitrogen and oxygen atoms in total. The third-order valence-corrected chi connectivity index (χ3v) is 6.62. The number of amides is 1. The maximum Gasteiger partial charge on any atom is 0.256 e. The number of likely N-dealkylation sites (tertiary alicyclic amines) is 1. The molecule has 2 aromatic heterocycles. The lowest BCUT2D eigenvalue weighted by Crippen LogP contribution is -2.32. The van der Waals surface area contributed by atoms with Crippen LogP contribution in [0.4, 0.5) is 0 Å². The van der Waals surface area contributed by atoms with Crippen LogP contribution in [-0.2, 0) is 0 Å². The fraction of sp³-hybridized carbons (Fsp3) is 0.292. The van der Waals surface area contributed by atoms with Crippen molar-refractivity contribution >= 4 is 17.5 Å². The first kappa shape index (κ1) is 21.3. The van der Waals surface area contributed by atoms with E-state index in [4.69, 9.17) is 16.0 Å². The Morgan fingerprint density at radius 2 is 1.85 bits per heavy atom. The SMILES string of the molecule is Cc1cc(C(=O)N2CCCC2c2nnc(-c3cccc(Cl)c3C)o2)c(-n2nccn2)cc1C. The van der Waals surface area contributed by atoms with Crippen molar-refractivity contribution in [3.05, 3.63) is 75.9 Å². The Morgan fingerprint density at radius 3 is 2.64 bits per heavy atom. The van der Waals surface area contributed by atoms with Crippen LogP contribution in [-0.4, -0.2) is 42.5 Å². The maximum absolute atomic E-state index is 13.7. The van der Waals surface area contributed by atoms with Gasteiger partial charge in [-0.1, -0.05) is 17.7 Å². The number of carbonyl (C=O) groups is 1. The second-order valence-corrected chi connectivity index (χ2v) is 8.69. The van der Waals surface area contributed by atoms with Gasteiger partial charge in [0.15, 0.2) is 0 Å². The predicted octanol–water partition coefficient (Wildman–Crippen LogP) is 4.87. The highest BCUT2D eigenvalue weighted by molar-refractivity contribution is 6.31. The van der Waals surface area contributed by atoms with E-state index in [-0.39, 0.29) is 11.9 Å². The van der Waals surface area contributed by atoms with E-state index in [1.165, 1.54) is 4.80 Å². The molecule has 0 spiro atoms. The van der Waals surface area contributed by atoms with Crippen molar-refractivity contribution in [3.8, 4) is 17.1 Å². The van der Waals surface area contributed by atoms with E-state index in [9.17, 15) is 4.79 Å². The van der Waals surface area contributed by atoms with Crippen LogP contribution in [0, 0.1) is 20.8 Å². The fourth-order valence-electron chi connectivity index (χ4n) is 4.22. The summed E-state index contributed by atoms with van der Waals surface area (Å²) in [5.74, 6) is 0.723. The molecule has 1 amide bonds. The summed E-state index contributed by atoms with van der Waals surface area (Å²) in [4.78, 5) is 17.0. The number of aromatic nitrogens is 5. The van der Waals surface area contributed by atoms with Gasteiger partial charge in [0.05, 0.1) is 23.6 Å². The van der Waals surface area contributed by atoms with Crippen molar-refractivity contribution in [1.82, 2.24) is 30.1 Å². The number of hydrogen-bond donors (Lipinski definition) is 0. The van der Waals surface area contributed by atoms with Crippen molar-refractivity contribution < 1.29 is 9.21 Å². The topological polar surface area (TPSA) is 89.9 Å². The summed E-state index contributed by atoms with van der Waals surface area (Å²) in [5, 5.41) is 17.7. The molecule has 0 radical (unpaired) electrons. The van der Waals surface area contributed by atoms with Gasteiger partial charge in [0.25, 0.3) is 5.91 Å². The molecule has 1 unspecified atom stereocenters. The van der Waals surface area contributed by atoms with E-state index < -0.39 is 0 Å². The van der Waals surface area contributed by atoms with Crippen LogP contribution in [0.3, 0.4) is 0 Å². The Hall–Kier alpha value is -3.52. The fourth-order valence-corrected chi connectivity index (χ4v) is 4.39. The molecule has 5 rings (SSSR count). The summed E-state index contributed by atoms with van der Waals surface area (Å²) in [6.45, 7) is 6.52. The number of hydrogen-bond acceptors (Lipinski definition) is 6. The zero-order chi connectivity index (χ0) is 23.1. The van der Waals surface area contributed by atoms with Crippen molar-refractivity contribution in [3.63, 3.8) is 0 Å². The van der Waals surface area contributed by atoms with Gasteiger partial charge in [-0.25, -0.2) is 0 Å². The van der Waals surface area contributed by atoms with Gasteiger partial charge in [0.2, 0.25) is 11.8 Å². The van der Waals surface area contributed by atoms with Gasteiger partial charge in [0.1, 0.15) is 6.04 Å². The van der Waals surface area contributed by atoms with Crippen LogP contribution < -0.4 is 0 Å². The Kier molecular flexibility index (Phi) is 5.46. The molecule has 3 heterocycles. The van der Waals surface area contributed by atoms with Crippen molar-refractivity contribution in [2.75, 3.05) is 6.54 Å². The minimum atomic E-state index is -0.293. The summed E-state index contributed by atoms with van der Waals surface area (Å²) in [6.07, 6.45) is 4.80. The van der Waals surface area contributed by atoms with Crippen LogP contribution in [0.2, 0.25) is 5.02 Å². The highest BCUT2D eigenvalue weighted by Gasteiger charge is 2.36. The van der Waals surface area contributed by atoms with E-state index in [2.05, 4.69) is 20.4 Å². The van der Waals surface area contributed by atoms with Crippen LogP contribution in [0.1, 0.15) is 51.8 Å². The lowest BCUT2D eigenvalue weighted by atomic mass is 10.0. The zero-order valence-corrected chi connectivity index (χ0v) is 19.4. The maximum atomic E-state index is 13.7. The molecular weight excluding hydrogens is 440 g/mol. The summed E-state index contributed by atoms with van der Waals surface area (Å²) in [7, 11) is 0. The lowest BCUT2D eigenvalue weighted by Gasteiger charge is -2.23. The van der Waals surface area contributed by atoms with Gasteiger partial charge < -0.3 is 9.32 Å². The molecule has 1 saturated heterocycles. The normalized spacial score (nSPS) is 15.9. The molecule has 1 aliphatic heterocycles. The van der Waals surface area contributed by atoms with Crippen LogP contribution >= 0.6 is 11.6 Å². The predicted molar refractivity (Wildman–Crippen MR) is 123 cm³/mol. The smallest absolute Gasteiger partial charge is 0.256 e. The van der Waals surface area contributed by atoms with Gasteiger partial charge in [-0.2, -0.15) is 15.0 Å². The summed E-state index contributed by atoms with van der Waals surface area (Å²) < 4.78 is 6.05. The van der Waals surface area contributed by atoms with E-state index in [1.807, 2.05) is 51.1 Å². The van der Waals surface area contributed by atoms with E-state index >= 15 is 0 Å².